The van der Waals surface area contributed by atoms with Gasteiger partial charge < -0.3 is 10.1 Å². The predicted molar refractivity (Wildman–Crippen MR) is 80.2 cm³/mol. The van der Waals surface area contributed by atoms with Gasteiger partial charge in [0.1, 0.15) is 0 Å². The molecule has 0 bridgehead atoms. The molecular formula is C17H27NO. The van der Waals surface area contributed by atoms with Gasteiger partial charge in [0.05, 0.1) is 12.6 Å². The van der Waals surface area contributed by atoms with Crippen molar-refractivity contribution in [2.45, 2.75) is 45.2 Å². The quantitative estimate of drug-likeness (QED) is 0.870. The highest BCUT2D eigenvalue weighted by molar-refractivity contribution is 5.19. The summed E-state index contributed by atoms with van der Waals surface area (Å²) in [5, 5.41) is 3.83. The average Bonchev–Trinajstić information content (AvgIpc) is 2.44. The van der Waals surface area contributed by atoms with E-state index >= 15 is 0 Å². The first-order chi connectivity index (χ1) is 9.22. The number of ether oxygens (including phenoxy) is 1. The number of benzene rings is 1. The van der Waals surface area contributed by atoms with Crippen LogP contribution in [-0.2, 0) is 4.74 Å². The summed E-state index contributed by atoms with van der Waals surface area (Å²) < 4.78 is 5.40. The van der Waals surface area contributed by atoms with E-state index in [1.165, 1.54) is 24.8 Å². The fourth-order valence-corrected chi connectivity index (χ4v) is 3.17. The largest absolute Gasteiger partial charge is 0.383 e. The number of nitrogens with one attached hydrogen (secondary N) is 1. The van der Waals surface area contributed by atoms with E-state index in [-0.39, 0.29) is 0 Å². The van der Waals surface area contributed by atoms with Crippen molar-refractivity contribution in [2.24, 2.45) is 11.8 Å². The van der Waals surface area contributed by atoms with Gasteiger partial charge in [-0.15, -0.1) is 0 Å². The molecule has 1 aliphatic carbocycles. The van der Waals surface area contributed by atoms with E-state index in [9.17, 15) is 0 Å². The van der Waals surface area contributed by atoms with Gasteiger partial charge in [-0.3, -0.25) is 0 Å². The van der Waals surface area contributed by atoms with Gasteiger partial charge in [-0.05, 0) is 23.8 Å². The Morgan fingerprint density at radius 3 is 2.63 bits per heavy atom. The van der Waals surface area contributed by atoms with Crippen LogP contribution in [0.5, 0.6) is 0 Å². The molecule has 19 heavy (non-hydrogen) atoms. The van der Waals surface area contributed by atoms with E-state index in [1.54, 1.807) is 7.11 Å². The Hall–Kier alpha value is -0.860. The molecule has 0 spiro atoms. The second-order valence-electron chi connectivity index (χ2n) is 5.96. The maximum Gasteiger partial charge on any atom is 0.0657 e. The van der Waals surface area contributed by atoms with Crippen molar-refractivity contribution in [3.05, 3.63) is 35.9 Å². The minimum Gasteiger partial charge on any atom is -0.383 e. The zero-order chi connectivity index (χ0) is 13.7. The number of hydrogen-bond donors (Lipinski definition) is 1. The summed E-state index contributed by atoms with van der Waals surface area (Å²) in [6, 6.07) is 11.6. The van der Waals surface area contributed by atoms with Crippen LogP contribution in [0.15, 0.2) is 30.3 Å². The molecule has 106 valence electrons. The van der Waals surface area contributed by atoms with E-state index in [4.69, 9.17) is 4.74 Å². The SMILES string of the molecule is COCC(NC1CCCC(C)C1C)c1ccccc1. The summed E-state index contributed by atoms with van der Waals surface area (Å²) in [7, 11) is 1.78. The van der Waals surface area contributed by atoms with Crippen LogP contribution in [0.4, 0.5) is 0 Å². The Morgan fingerprint density at radius 1 is 1.21 bits per heavy atom. The maximum absolute atomic E-state index is 5.40. The monoisotopic (exact) mass is 261 g/mol. The molecule has 1 aliphatic rings. The fourth-order valence-electron chi connectivity index (χ4n) is 3.17. The van der Waals surface area contributed by atoms with Crippen LogP contribution < -0.4 is 5.32 Å². The summed E-state index contributed by atoms with van der Waals surface area (Å²) in [5.41, 5.74) is 1.33. The van der Waals surface area contributed by atoms with E-state index in [0.717, 1.165) is 18.4 Å². The molecule has 0 aromatic heterocycles. The molecule has 1 aromatic rings. The first-order valence-corrected chi connectivity index (χ1v) is 7.52. The Morgan fingerprint density at radius 2 is 1.95 bits per heavy atom. The van der Waals surface area contributed by atoms with Crippen LogP contribution in [0.3, 0.4) is 0 Å². The third kappa shape index (κ3) is 3.80. The lowest BCUT2D eigenvalue weighted by molar-refractivity contribution is 0.134. The van der Waals surface area contributed by atoms with Crippen LogP contribution >= 0.6 is 0 Å². The van der Waals surface area contributed by atoms with Crippen molar-refractivity contribution < 1.29 is 4.74 Å². The van der Waals surface area contributed by atoms with Gasteiger partial charge in [-0.2, -0.15) is 0 Å². The lowest BCUT2D eigenvalue weighted by Crippen LogP contribution is -2.43. The molecule has 0 amide bonds. The van der Waals surface area contributed by atoms with Crippen molar-refractivity contribution in [1.29, 1.82) is 0 Å². The smallest absolute Gasteiger partial charge is 0.0657 e. The van der Waals surface area contributed by atoms with Crippen LogP contribution in [0, 0.1) is 11.8 Å². The molecule has 0 aliphatic heterocycles. The van der Waals surface area contributed by atoms with Crippen molar-refractivity contribution in [3.8, 4) is 0 Å². The van der Waals surface area contributed by atoms with Gasteiger partial charge in [0, 0.05) is 13.2 Å². The third-order valence-corrected chi connectivity index (χ3v) is 4.66. The molecule has 1 N–H and O–H groups in total. The molecule has 2 nitrogen and oxygen atoms in total. The topological polar surface area (TPSA) is 21.3 Å². The zero-order valence-electron chi connectivity index (χ0n) is 12.4. The molecule has 0 radical (unpaired) electrons. The van der Waals surface area contributed by atoms with Gasteiger partial charge >= 0.3 is 0 Å². The first kappa shape index (κ1) is 14.5. The average molecular weight is 261 g/mol. The number of rotatable bonds is 5. The highest BCUT2D eigenvalue weighted by Gasteiger charge is 2.28. The van der Waals surface area contributed by atoms with Crippen molar-refractivity contribution in [3.63, 3.8) is 0 Å². The van der Waals surface area contributed by atoms with Crippen molar-refractivity contribution in [1.82, 2.24) is 5.32 Å². The van der Waals surface area contributed by atoms with Gasteiger partial charge in [-0.1, -0.05) is 57.0 Å². The van der Waals surface area contributed by atoms with Crippen molar-refractivity contribution >= 4 is 0 Å². The summed E-state index contributed by atoms with van der Waals surface area (Å²) in [5.74, 6) is 1.57. The lowest BCUT2D eigenvalue weighted by atomic mass is 9.77. The van der Waals surface area contributed by atoms with Crippen LogP contribution in [0.2, 0.25) is 0 Å². The van der Waals surface area contributed by atoms with Crippen LogP contribution in [-0.4, -0.2) is 19.8 Å². The Balaban J connectivity index is 2.04. The summed E-state index contributed by atoms with van der Waals surface area (Å²) >= 11 is 0. The minimum absolute atomic E-state index is 0.309. The van der Waals surface area contributed by atoms with Crippen LogP contribution in [0.1, 0.15) is 44.7 Å². The predicted octanol–water partition coefficient (Wildman–Crippen LogP) is 3.79. The standard InChI is InChI=1S/C17H27NO/c1-13-8-7-11-16(14(13)2)18-17(12-19-3)15-9-5-4-6-10-15/h4-6,9-10,13-14,16-18H,7-8,11-12H2,1-3H3. The van der Waals surface area contributed by atoms with Gasteiger partial charge in [0.2, 0.25) is 0 Å². The highest BCUT2D eigenvalue weighted by Crippen LogP contribution is 2.31. The van der Waals surface area contributed by atoms with E-state index in [0.29, 0.717) is 12.1 Å². The van der Waals surface area contributed by atoms with Gasteiger partial charge in [0.15, 0.2) is 0 Å². The molecule has 4 unspecified atom stereocenters. The van der Waals surface area contributed by atoms with E-state index < -0.39 is 0 Å². The fraction of sp³-hybridized carbons (Fsp3) is 0.647. The molecule has 0 heterocycles. The third-order valence-electron chi connectivity index (χ3n) is 4.66. The molecule has 1 saturated carbocycles. The molecule has 1 fully saturated rings. The van der Waals surface area contributed by atoms with Gasteiger partial charge in [-0.25, -0.2) is 0 Å². The summed E-state index contributed by atoms with van der Waals surface area (Å²) in [6.07, 6.45) is 4.01. The summed E-state index contributed by atoms with van der Waals surface area (Å²) in [6.45, 7) is 5.50. The van der Waals surface area contributed by atoms with Crippen LogP contribution in [0.25, 0.3) is 0 Å². The number of hydrogen-bond acceptors (Lipinski definition) is 2. The van der Waals surface area contributed by atoms with Gasteiger partial charge in [0.25, 0.3) is 0 Å². The first-order valence-electron chi connectivity index (χ1n) is 7.52. The normalized spacial score (nSPS) is 29.1. The molecular weight excluding hydrogens is 234 g/mol. The highest BCUT2D eigenvalue weighted by atomic mass is 16.5. The minimum atomic E-state index is 0.309. The zero-order valence-corrected chi connectivity index (χ0v) is 12.4. The molecule has 1 aromatic carbocycles. The Kier molecular flexibility index (Phi) is 5.41. The second kappa shape index (κ2) is 7.06. The molecule has 2 rings (SSSR count). The Labute approximate surface area is 117 Å². The second-order valence-corrected chi connectivity index (χ2v) is 5.96. The lowest BCUT2D eigenvalue weighted by Gasteiger charge is -2.37. The van der Waals surface area contributed by atoms with E-state index in [1.807, 2.05) is 0 Å². The molecule has 4 atom stereocenters. The Bertz CT molecular complexity index is 365. The van der Waals surface area contributed by atoms with E-state index in [2.05, 4.69) is 49.5 Å². The number of methoxy groups -OCH3 is 1. The molecule has 2 heteroatoms. The van der Waals surface area contributed by atoms with Crippen molar-refractivity contribution in [2.75, 3.05) is 13.7 Å². The molecule has 0 saturated heterocycles. The summed E-state index contributed by atoms with van der Waals surface area (Å²) in [4.78, 5) is 0. The maximum atomic E-state index is 5.40.